The van der Waals surface area contributed by atoms with E-state index in [4.69, 9.17) is 4.74 Å². The van der Waals surface area contributed by atoms with E-state index in [-0.39, 0.29) is 23.6 Å². The summed E-state index contributed by atoms with van der Waals surface area (Å²) in [4.78, 5) is 30.1. The average Bonchev–Trinajstić information content (AvgIpc) is 2.75. The van der Waals surface area contributed by atoms with E-state index < -0.39 is 17.5 Å². The number of aromatic nitrogens is 1. The molecule has 9 heteroatoms. The number of nitrogens with zero attached hydrogens (tertiary/aromatic N) is 1. The van der Waals surface area contributed by atoms with Crippen LogP contribution in [0.25, 0.3) is 0 Å². The molecule has 2 aromatic rings. The summed E-state index contributed by atoms with van der Waals surface area (Å²) in [6.45, 7) is 5.47. The van der Waals surface area contributed by atoms with E-state index in [1.165, 1.54) is 6.07 Å². The molecule has 1 heterocycles. The lowest BCUT2D eigenvalue weighted by Gasteiger charge is -2.30. The number of nitrogens with one attached hydrogen (secondary N) is 3. The van der Waals surface area contributed by atoms with Crippen LogP contribution in [0.1, 0.15) is 56.8 Å². The van der Waals surface area contributed by atoms with Gasteiger partial charge in [0.05, 0.1) is 11.8 Å². The molecule has 33 heavy (non-hydrogen) atoms. The van der Waals surface area contributed by atoms with Crippen LogP contribution in [0.3, 0.4) is 0 Å². The number of ether oxygens (including phenoxy) is 1. The summed E-state index contributed by atoms with van der Waals surface area (Å²) in [6.07, 6.45) is 5.48. The lowest BCUT2D eigenvalue weighted by atomic mass is 9.91. The normalized spacial score (nSPS) is 18.3. The Morgan fingerprint density at radius 2 is 1.76 bits per heavy atom. The van der Waals surface area contributed by atoms with Crippen molar-refractivity contribution in [1.82, 2.24) is 15.6 Å². The van der Waals surface area contributed by atoms with E-state index >= 15 is 0 Å². The first-order valence-electron chi connectivity index (χ1n) is 11.0. The Hall–Kier alpha value is -2.81. The third-order valence-corrected chi connectivity index (χ3v) is 5.94. The first-order valence-corrected chi connectivity index (χ1v) is 12.2. The van der Waals surface area contributed by atoms with Crippen LogP contribution in [0, 0.1) is 5.82 Å². The number of halogens is 1. The van der Waals surface area contributed by atoms with E-state index in [0.717, 1.165) is 29.6 Å². The number of benzene rings is 1. The summed E-state index contributed by atoms with van der Waals surface area (Å²) in [5.74, 6) is -0.657. The zero-order chi connectivity index (χ0) is 24.0. The van der Waals surface area contributed by atoms with Crippen molar-refractivity contribution in [2.24, 2.45) is 0 Å². The molecule has 0 spiro atoms. The maximum absolute atomic E-state index is 13.9. The third-order valence-electron chi connectivity index (χ3n) is 5.21. The SMILES string of the molecule is CSc1cccc(Nc2ncc(F)cc2C(=O)NC2CCC(NC(=O)OC(C)(C)C)CC2)c1. The molecular weight excluding hydrogens is 443 g/mol. The highest BCUT2D eigenvalue weighted by Crippen LogP contribution is 2.25. The van der Waals surface area contributed by atoms with E-state index in [0.29, 0.717) is 18.7 Å². The second-order valence-corrected chi connectivity index (χ2v) is 9.95. The number of alkyl carbamates (subject to hydrolysis) is 1. The van der Waals surface area contributed by atoms with E-state index in [9.17, 15) is 14.0 Å². The van der Waals surface area contributed by atoms with Crippen molar-refractivity contribution in [1.29, 1.82) is 0 Å². The second kappa shape index (κ2) is 10.9. The molecule has 0 atom stereocenters. The summed E-state index contributed by atoms with van der Waals surface area (Å²) >= 11 is 1.60. The maximum Gasteiger partial charge on any atom is 0.407 e. The summed E-state index contributed by atoms with van der Waals surface area (Å²) in [5.41, 5.74) is 0.374. The predicted molar refractivity (Wildman–Crippen MR) is 129 cm³/mol. The lowest BCUT2D eigenvalue weighted by Crippen LogP contribution is -2.45. The molecule has 3 N–H and O–H groups in total. The lowest BCUT2D eigenvalue weighted by molar-refractivity contribution is 0.0488. The van der Waals surface area contributed by atoms with Gasteiger partial charge < -0.3 is 20.7 Å². The van der Waals surface area contributed by atoms with E-state index in [1.807, 2.05) is 51.3 Å². The van der Waals surface area contributed by atoms with Crippen LogP contribution in [0.15, 0.2) is 41.4 Å². The van der Waals surface area contributed by atoms with Gasteiger partial charge >= 0.3 is 6.09 Å². The Labute approximate surface area is 198 Å². The number of anilines is 2. The molecule has 0 saturated heterocycles. The van der Waals surface area contributed by atoms with Gasteiger partial charge in [-0.1, -0.05) is 6.07 Å². The minimum atomic E-state index is -0.575. The number of hydrogen-bond acceptors (Lipinski definition) is 6. The van der Waals surface area contributed by atoms with Crippen LogP contribution in [0.5, 0.6) is 0 Å². The van der Waals surface area contributed by atoms with Gasteiger partial charge in [-0.25, -0.2) is 14.2 Å². The molecular formula is C24H31FN4O3S. The molecule has 0 aliphatic heterocycles. The van der Waals surface area contributed by atoms with Crippen molar-refractivity contribution in [3.63, 3.8) is 0 Å². The van der Waals surface area contributed by atoms with Crippen LogP contribution in [-0.2, 0) is 4.74 Å². The minimum absolute atomic E-state index is 0.00442. The molecule has 1 aliphatic carbocycles. The Kier molecular flexibility index (Phi) is 8.18. The molecule has 1 saturated carbocycles. The fraction of sp³-hybridized carbons (Fsp3) is 0.458. The first-order chi connectivity index (χ1) is 15.6. The van der Waals surface area contributed by atoms with Gasteiger partial charge in [0.25, 0.3) is 5.91 Å². The molecule has 7 nitrogen and oxygen atoms in total. The largest absolute Gasteiger partial charge is 0.444 e. The fourth-order valence-electron chi connectivity index (χ4n) is 3.67. The highest BCUT2D eigenvalue weighted by Gasteiger charge is 2.26. The highest BCUT2D eigenvalue weighted by atomic mass is 32.2. The van der Waals surface area contributed by atoms with Crippen LogP contribution >= 0.6 is 11.8 Å². The van der Waals surface area contributed by atoms with Gasteiger partial charge in [-0.2, -0.15) is 0 Å². The Morgan fingerprint density at radius 1 is 1.09 bits per heavy atom. The summed E-state index contributed by atoms with van der Waals surface area (Å²) in [5, 5.41) is 9.01. The number of rotatable bonds is 6. The van der Waals surface area contributed by atoms with Gasteiger partial charge in [-0.15, -0.1) is 11.8 Å². The minimum Gasteiger partial charge on any atom is -0.444 e. The summed E-state index contributed by atoms with van der Waals surface area (Å²) < 4.78 is 19.2. The monoisotopic (exact) mass is 474 g/mol. The Morgan fingerprint density at radius 3 is 2.39 bits per heavy atom. The first kappa shape index (κ1) is 24.8. The molecule has 1 aromatic heterocycles. The Bertz CT molecular complexity index is 988. The quantitative estimate of drug-likeness (QED) is 0.495. The topological polar surface area (TPSA) is 92.4 Å². The fourth-order valence-corrected chi connectivity index (χ4v) is 4.13. The van der Waals surface area contributed by atoms with Crippen molar-refractivity contribution >= 4 is 35.3 Å². The van der Waals surface area contributed by atoms with Crippen molar-refractivity contribution in [3.05, 3.63) is 47.9 Å². The Balaban J connectivity index is 1.59. The van der Waals surface area contributed by atoms with Gasteiger partial charge in [0.1, 0.15) is 17.2 Å². The summed E-state index contributed by atoms with van der Waals surface area (Å²) in [7, 11) is 0. The number of carbonyl (C=O) groups excluding carboxylic acids is 2. The molecule has 178 valence electrons. The number of thioether (sulfide) groups is 1. The van der Waals surface area contributed by atoms with Crippen molar-refractivity contribution < 1.29 is 18.7 Å². The van der Waals surface area contributed by atoms with Crippen LogP contribution in [0.2, 0.25) is 0 Å². The molecule has 3 rings (SSSR count). The molecule has 0 radical (unpaired) electrons. The molecule has 1 fully saturated rings. The number of amides is 2. The van der Waals surface area contributed by atoms with Crippen LogP contribution < -0.4 is 16.0 Å². The van der Waals surface area contributed by atoms with Gasteiger partial charge in [-0.05, 0) is 77.0 Å². The van der Waals surface area contributed by atoms with Crippen LogP contribution in [-0.4, -0.2) is 40.9 Å². The standard InChI is InChI=1S/C24H31FN4O3S/c1-24(2,3)32-23(31)29-17-10-8-16(9-11-17)28-22(30)20-12-15(25)14-26-21(20)27-18-6-5-7-19(13-18)33-4/h5-7,12-14,16-17H,8-11H2,1-4H3,(H,26,27)(H,28,30)(H,29,31). The number of carbonyl (C=O) groups is 2. The smallest absolute Gasteiger partial charge is 0.407 e. The highest BCUT2D eigenvalue weighted by molar-refractivity contribution is 7.98. The van der Waals surface area contributed by atoms with Gasteiger partial charge in [0.2, 0.25) is 0 Å². The molecule has 1 aromatic carbocycles. The maximum atomic E-state index is 13.9. The van der Waals surface area contributed by atoms with E-state index in [1.54, 1.807) is 11.8 Å². The zero-order valence-corrected chi connectivity index (χ0v) is 20.2. The number of pyridine rings is 1. The van der Waals surface area contributed by atoms with Crippen molar-refractivity contribution in [2.45, 2.75) is 69.0 Å². The number of hydrogen-bond donors (Lipinski definition) is 3. The average molecular weight is 475 g/mol. The second-order valence-electron chi connectivity index (χ2n) is 9.07. The van der Waals surface area contributed by atoms with Crippen molar-refractivity contribution in [3.8, 4) is 0 Å². The third kappa shape index (κ3) is 7.63. The predicted octanol–water partition coefficient (Wildman–Crippen LogP) is 5.25. The zero-order valence-electron chi connectivity index (χ0n) is 19.4. The van der Waals surface area contributed by atoms with E-state index in [2.05, 4.69) is 20.9 Å². The van der Waals surface area contributed by atoms with Crippen molar-refractivity contribution in [2.75, 3.05) is 11.6 Å². The van der Waals surface area contributed by atoms with Crippen LogP contribution in [0.4, 0.5) is 20.7 Å². The molecule has 1 aliphatic rings. The molecule has 0 unspecified atom stereocenters. The molecule has 2 amide bonds. The van der Waals surface area contributed by atoms with Gasteiger partial charge in [0, 0.05) is 22.7 Å². The molecule has 0 bridgehead atoms. The van der Waals surface area contributed by atoms with Gasteiger partial charge in [0.15, 0.2) is 0 Å². The summed E-state index contributed by atoms with van der Waals surface area (Å²) in [6, 6.07) is 8.83. The van der Waals surface area contributed by atoms with Gasteiger partial charge in [-0.3, -0.25) is 4.79 Å².